The standard InChI is InChI=1S/C37H41N7O5.C22H28N2O3.C15H19NO2.C14H19NO.C13H14N6O.C12H15N/c1-23-19-37(5,6)44(30-12-11-26(18-28(23)30)17-27(20-38)33(45)49-36(2,3)4)15-16-47-35(46)41-21-24-7-9-25(10-8-24)22-48-32-31-29(13-14-40-31)42-34(39)43-32;1-15-13-22(5,6)24(9-10-25)19-8-7-16(12-18(15)19)11-17(14-23)20(26)27-21(2,3)4;1-11-9-15(2,3)16(6-7-17)14-5-4-12(10-18)8-13(11)14;1-11-10-14(2,3)15(8-9-16)13-7-5-4-6-12(11)13;14-5-8-1-3-9(4-2-8)6-20-12-10-11(17-7-16-10)18-13(15)19-12;1-9-8-12(2,3)13-11-7-5-4-6-10(9)11/h7-12,14,17-19H,13,15-16,21-22H2,1-6H3,(H,41,46)(H2,39,42,43);7-8,11-13,25H,9-10H2,1-6H3;4-5,8-10,17H,6-7H2,1-3H3;4-7,10,16H,8-9H2,1-3H3;1-4,7H,5-6,14H2,(H3,15,16,17,18,19);4-8,13H,1-3H3/b27-17+;17-11+;;;;. The molecule has 0 fully saturated rings. The number of alkyl carbamates (subject to hydrolysis) is 1. The van der Waals surface area contributed by atoms with E-state index < -0.39 is 29.2 Å². The predicted molar refractivity (Wildman–Crippen MR) is 571 cm³/mol. The number of benzene rings is 7. The molecule has 10 aromatic rings. The number of anilines is 7. The van der Waals surface area contributed by atoms with E-state index in [4.69, 9.17) is 40.9 Å². The molecule has 1 amide bonds. The minimum Gasteiger partial charge on any atom is -0.471 e. The van der Waals surface area contributed by atoms with Crippen LogP contribution in [0.2, 0.25) is 0 Å². The van der Waals surface area contributed by atoms with Gasteiger partial charge in [-0.1, -0.05) is 127 Å². The second-order valence-corrected chi connectivity index (χ2v) is 40.3. The third-order valence-corrected chi connectivity index (χ3v) is 24.2. The number of nitrogens with two attached hydrogens (primary N) is 3. The van der Waals surface area contributed by atoms with Crippen LogP contribution in [0.4, 0.5) is 50.8 Å². The highest BCUT2D eigenvalue weighted by Crippen LogP contribution is 2.45. The number of nitrogens with zero attached hydrogens (tertiary/aromatic N) is 12. The molecule has 30 nitrogen and oxygen atoms in total. The Morgan fingerprint density at radius 1 is 0.503 bits per heavy atom. The number of aromatic amines is 1. The Balaban J connectivity index is 0.000000176. The third kappa shape index (κ3) is 28.4. The van der Waals surface area contributed by atoms with E-state index in [9.17, 15) is 45.0 Å². The van der Waals surface area contributed by atoms with Gasteiger partial charge < -0.3 is 91.4 Å². The number of fused-ring (bicyclic) bond motifs is 7. The summed E-state index contributed by atoms with van der Waals surface area (Å²) in [5.74, 6) is -0.244. The lowest BCUT2D eigenvalue weighted by atomic mass is 9.88. The number of hydrogen-bond donors (Lipinski definition) is 9. The number of carbonyl (C=O) groups excluding carboxylic acids is 4. The number of para-hydroxylation sites is 2. The molecule has 0 unspecified atom stereocenters. The number of allylic oxidation sites excluding steroid dienone is 5. The van der Waals surface area contributed by atoms with E-state index in [1.165, 1.54) is 51.6 Å². The van der Waals surface area contributed by atoms with Crippen LogP contribution in [0, 0.1) is 22.7 Å². The maximum absolute atomic E-state index is 12.6. The van der Waals surface area contributed by atoms with Crippen LogP contribution in [0.5, 0.6) is 11.8 Å². The van der Waals surface area contributed by atoms with Gasteiger partial charge in [-0.3, -0.25) is 9.79 Å². The number of nitrogen functional groups attached to an aromatic ring is 2. The quantitative estimate of drug-likeness (QED) is 0.00944. The summed E-state index contributed by atoms with van der Waals surface area (Å²) in [5.41, 5.74) is 40.7. The second kappa shape index (κ2) is 46.6. The SMILES string of the molecule is CC1=CC(C)(C)N(CCO)c2ccc(/C=C(\C#N)C(=O)OC(C)(C)C)cc21.CC1=CC(C)(C)N(CCO)c2ccc(C=O)cc21.CC1=CC(C)(C)N(CCO)c2ccccc21.CC1=CC(C)(C)N(CCOC(=O)NCc2ccc(COc3nc(N)nc4c3N=CC4)cc2)c2ccc(/C=C(\C#N)C(=O)OC(C)(C)C)cc21.CC1=CC(C)(C)Nc2ccccc21.NCc1ccc(COc2nc(N)nc3nc[nH]c23)cc1. The average Bonchev–Trinajstić information content (AvgIpc) is 1.11. The van der Waals surface area contributed by atoms with Crippen molar-refractivity contribution in [3.05, 3.63) is 272 Å². The van der Waals surface area contributed by atoms with Crippen LogP contribution in [0.3, 0.4) is 0 Å². The Labute approximate surface area is 839 Å². The van der Waals surface area contributed by atoms with Crippen molar-refractivity contribution >= 4 is 128 Å². The van der Waals surface area contributed by atoms with Gasteiger partial charge in [-0.25, -0.2) is 24.4 Å². The minimum atomic E-state index is -0.707. The fraction of sp³-hybridized carbons (Fsp3) is 0.363. The molecule has 750 valence electrons. The van der Waals surface area contributed by atoms with Crippen LogP contribution < -0.4 is 56.9 Å². The normalized spacial score (nSPS) is 15.5. The van der Waals surface area contributed by atoms with Crippen LogP contribution in [0.1, 0.15) is 223 Å². The van der Waals surface area contributed by atoms with Crippen LogP contribution in [0.25, 0.3) is 51.2 Å². The summed E-state index contributed by atoms with van der Waals surface area (Å²) in [6.45, 7) is 46.7. The summed E-state index contributed by atoms with van der Waals surface area (Å²) >= 11 is 0. The van der Waals surface area contributed by atoms with Crippen LogP contribution in [-0.4, -0.2) is 167 Å². The molecule has 0 atom stereocenters. The number of β-amino-alcohol motifs (C(OH)–C–C–N with tert-alkyl or cyclic N) is 3. The molecular formula is C113H136N18O12. The van der Waals surface area contributed by atoms with Gasteiger partial charge in [0.2, 0.25) is 23.7 Å². The Hall–Kier alpha value is -15.1. The van der Waals surface area contributed by atoms with Crippen molar-refractivity contribution in [1.82, 2.24) is 35.2 Å². The van der Waals surface area contributed by atoms with Crippen LogP contribution >= 0.6 is 0 Å². The van der Waals surface area contributed by atoms with E-state index in [1.807, 2.05) is 129 Å². The zero-order chi connectivity index (χ0) is 104. The van der Waals surface area contributed by atoms with Gasteiger partial charge in [-0.15, -0.1) is 0 Å². The number of amides is 1. The van der Waals surface area contributed by atoms with Gasteiger partial charge in [-0.2, -0.15) is 25.5 Å². The summed E-state index contributed by atoms with van der Waals surface area (Å²) in [6, 6.07) is 53.5. The number of H-pyrrole nitrogens is 1. The van der Waals surface area contributed by atoms with Crippen molar-refractivity contribution in [1.29, 1.82) is 10.5 Å². The van der Waals surface area contributed by atoms with E-state index in [-0.39, 0.29) is 83.8 Å². The van der Waals surface area contributed by atoms with Crippen molar-refractivity contribution in [2.75, 3.05) is 89.0 Å². The Morgan fingerprint density at radius 3 is 1.39 bits per heavy atom. The first-order valence-corrected chi connectivity index (χ1v) is 47.7. The van der Waals surface area contributed by atoms with E-state index >= 15 is 0 Å². The average molecular weight is 1940 g/mol. The first-order chi connectivity index (χ1) is 67.6. The van der Waals surface area contributed by atoms with E-state index in [2.05, 4.69) is 234 Å². The number of rotatable bonds is 23. The van der Waals surface area contributed by atoms with Crippen molar-refractivity contribution in [3.63, 3.8) is 0 Å². The lowest BCUT2D eigenvalue weighted by molar-refractivity contribution is -0.150. The van der Waals surface area contributed by atoms with Gasteiger partial charge in [0.1, 0.15) is 71.8 Å². The number of esters is 2. The molecule has 0 saturated carbocycles. The van der Waals surface area contributed by atoms with Crippen LogP contribution in [-0.2, 0) is 56.5 Å². The maximum atomic E-state index is 12.6. The highest BCUT2D eigenvalue weighted by molar-refractivity contribution is 6.00. The molecule has 12 N–H and O–H groups in total. The number of ether oxygens (including phenoxy) is 5. The molecular weight excluding hydrogens is 1800 g/mol. The van der Waals surface area contributed by atoms with E-state index in [0.717, 1.165) is 84.7 Å². The number of nitriles is 2. The smallest absolute Gasteiger partial charge is 0.407 e. The zero-order valence-electron chi connectivity index (χ0n) is 86.0. The number of aliphatic hydroxyl groups is 3. The molecule has 30 heteroatoms. The van der Waals surface area contributed by atoms with E-state index in [0.29, 0.717) is 92.0 Å². The van der Waals surface area contributed by atoms with Gasteiger partial charge >= 0.3 is 18.0 Å². The van der Waals surface area contributed by atoms with Gasteiger partial charge in [0, 0.05) is 107 Å². The molecule has 16 rings (SSSR count). The van der Waals surface area contributed by atoms with Gasteiger partial charge in [-0.05, 0) is 273 Å². The largest absolute Gasteiger partial charge is 0.471 e. The molecule has 0 saturated heterocycles. The summed E-state index contributed by atoms with van der Waals surface area (Å²) in [4.78, 5) is 84.6. The fourth-order valence-corrected chi connectivity index (χ4v) is 18.0. The molecule has 0 spiro atoms. The molecule has 9 heterocycles. The number of aromatic nitrogens is 6. The fourth-order valence-electron chi connectivity index (χ4n) is 18.0. The minimum absolute atomic E-state index is 0.0266. The first-order valence-electron chi connectivity index (χ1n) is 47.7. The Morgan fingerprint density at radius 2 is 0.916 bits per heavy atom. The lowest BCUT2D eigenvalue weighted by Gasteiger charge is -2.43. The molecule has 7 aromatic carbocycles. The highest BCUT2D eigenvalue weighted by Gasteiger charge is 2.37. The van der Waals surface area contributed by atoms with Gasteiger partial charge in [0.15, 0.2) is 5.65 Å². The topological polar surface area (TPSA) is 430 Å². The highest BCUT2D eigenvalue weighted by atomic mass is 16.6. The van der Waals surface area contributed by atoms with Gasteiger partial charge in [0.05, 0.1) is 66.1 Å². The number of aliphatic imine (C=N–C) groups is 1. The number of aliphatic hydroxyl groups excluding tert-OH is 3. The number of aldehydes is 1. The lowest BCUT2D eigenvalue weighted by Crippen LogP contribution is -2.47. The summed E-state index contributed by atoms with van der Waals surface area (Å²) in [6.07, 6.45) is 18.4. The summed E-state index contributed by atoms with van der Waals surface area (Å²) in [5, 5.41) is 53.1. The second-order valence-electron chi connectivity index (χ2n) is 40.3. The maximum Gasteiger partial charge on any atom is 0.407 e. The molecule has 0 bridgehead atoms. The Bertz CT molecular complexity index is 6650. The Kier molecular flexibility index (Phi) is 35.3. The molecule has 143 heavy (non-hydrogen) atoms. The molecule has 3 aromatic heterocycles. The number of imidazole rings is 1. The molecule has 6 aliphatic rings. The summed E-state index contributed by atoms with van der Waals surface area (Å²) < 4.78 is 27.8. The predicted octanol–water partition coefficient (Wildman–Crippen LogP) is 19.4. The molecule has 6 aliphatic heterocycles. The van der Waals surface area contributed by atoms with Crippen molar-refractivity contribution < 1.29 is 58.2 Å². The first kappa shape index (κ1) is 108. The van der Waals surface area contributed by atoms with E-state index in [1.54, 1.807) is 53.8 Å². The number of hydrogen-bond acceptors (Lipinski definition) is 28. The van der Waals surface area contributed by atoms with Crippen LogP contribution in [0.15, 0.2) is 205 Å². The van der Waals surface area contributed by atoms with Crippen molar-refractivity contribution in [2.24, 2.45) is 10.7 Å². The third-order valence-electron chi connectivity index (χ3n) is 24.2. The number of nitrogens with one attached hydrogen (secondary N) is 3. The van der Waals surface area contributed by atoms with Crippen molar-refractivity contribution in [2.45, 2.75) is 217 Å². The number of carbonyl (C=O) groups is 4. The van der Waals surface area contributed by atoms with Gasteiger partial charge in [0.25, 0.3) is 0 Å². The molecule has 0 radical (unpaired) electrons. The van der Waals surface area contributed by atoms with Crippen molar-refractivity contribution in [3.8, 4) is 23.9 Å². The summed E-state index contributed by atoms with van der Waals surface area (Å²) in [7, 11) is 0. The zero-order valence-corrected chi connectivity index (χ0v) is 86.0. The monoisotopic (exact) mass is 1940 g/mol. The molecule has 0 aliphatic carbocycles.